The molecular weight excluding hydrogens is 152 g/mol. The third-order valence-electron chi connectivity index (χ3n) is 3.19. The molecule has 0 aromatic rings. The Morgan fingerprint density at radius 3 is 2.67 bits per heavy atom. The zero-order chi connectivity index (χ0) is 9.35. The van der Waals surface area contributed by atoms with E-state index in [1.54, 1.807) is 0 Å². The van der Waals surface area contributed by atoms with Crippen LogP contribution in [0.3, 0.4) is 0 Å². The summed E-state index contributed by atoms with van der Waals surface area (Å²) in [7, 11) is 1.45. The van der Waals surface area contributed by atoms with Crippen LogP contribution in [0.2, 0.25) is 0 Å². The summed E-state index contributed by atoms with van der Waals surface area (Å²) in [5.74, 6) is 0.256. The third kappa shape index (κ3) is 1.06. The van der Waals surface area contributed by atoms with Gasteiger partial charge >= 0.3 is 5.97 Å². The van der Waals surface area contributed by atoms with Crippen molar-refractivity contribution < 1.29 is 9.53 Å². The van der Waals surface area contributed by atoms with E-state index in [2.05, 4.69) is 13.0 Å². The van der Waals surface area contributed by atoms with E-state index in [0.29, 0.717) is 5.92 Å². The molecule has 12 heavy (non-hydrogen) atoms. The highest BCUT2D eigenvalue weighted by Crippen LogP contribution is 2.43. The molecule has 2 nitrogen and oxygen atoms in total. The van der Waals surface area contributed by atoms with Crippen LogP contribution in [0.15, 0.2) is 11.6 Å². The van der Waals surface area contributed by atoms with Gasteiger partial charge in [0, 0.05) is 0 Å². The number of esters is 1. The summed E-state index contributed by atoms with van der Waals surface area (Å²) in [6.07, 6.45) is 3.11. The lowest BCUT2D eigenvalue weighted by Crippen LogP contribution is -2.33. The van der Waals surface area contributed by atoms with Gasteiger partial charge in [0.15, 0.2) is 0 Å². The van der Waals surface area contributed by atoms with Crippen LogP contribution in [-0.4, -0.2) is 13.1 Å². The Balaban J connectivity index is 2.95. The molecule has 1 aliphatic rings. The summed E-state index contributed by atoms with van der Waals surface area (Å²) >= 11 is 0. The van der Waals surface area contributed by atoms with E-state index in [-0.39, 0.29) is 11.4 Å². The molecule has 2 atom stereocenters. The van der Waals surface area contributed by atoms with Gasteiger partial charge in [-0.25, -0.2) is 0 Å². The maximum atomic E-state index is 11.5. The summed E-state index contributed by atoms with van der Waals surface area (Å²) in [6.45, 7) is 6.05. The third-order valence-corrected chi connectivity index (χ3v) is 3.19. The Morgan fingerprint density at radius 1 is 1.75 bits per heavy atom. The molecule has 0 radical (unpaired) electrons. The normalized spacial score (nSPS) is 34.7. The molecule has 0 heterocycles. The zero-order valence-electron chi connectivity index (χ0n) is 8.18. The molecule has 0 saturated carbocycles. The molecular formula is C10H16O2. The van der Waals surface area contributed by atoms with Crippen molar-refractivity contribution in [2.75, 3.05) is 7.11 Å². The molecule has 0 saturated heterocycles. The number of hydrogen-bond acceptors (Lipinski definition) is 2. The first kappa shape index (κ1) is 9.30. The molecule has 0 aliphatic heterocycles. The quantitative estimate of drug-likeness (QED) is 0.443. The van der Waals surface area contributed by atoms with Crippen molar-refractivity contribution in [3.8, 4) is 0 Å². The van der Waals surface area contributed by atoms with Gasteiger partial charge in [-0.15, -0.1) is 0 Å². The van der Waals surface area contributed by atoms with E-state index in [9.17, 15) is 4.79 Å². The number of allylic oxidation sites excluding steroid dienone is 1. The van der Waals surface area contributed by atoms with Gasteiger partial charge in [0.05, 0.1) is 12.5 Å². The highest BCUT2D eigenvalue weighted by atomic mass is 16.5. The highest BCUT2D eigenvalue weighted by Gasteiger charge is 2.44. The van der Waals surface area contributed by atoms with Crippen LogP contribution in [0.4, 0.5) is 0 Å². The molecule has 0 aromatic carbocycles. The van der Waals surface area contributed by atoms with Crippen molar-refractivity contribution in [3.63, 3.8) is 0 Å². The average molecular weight is 168 g/mol. The summed E-state index contributed by atoms with van der Waals surface area (Å²) in [5, 5.41) is 0. The Morgan fingerprint density at radius 2 is 2.33 bits per heavy atom. The van der Waals surface area contributed by atoms with E-state index in [1.807, 2.05) is 13.8 Å². The largest absolute Gasteiger partial charge is 0.468 e. The molecule has 68 valence electrons. The van der Waals surface area contributed by atoms with Crippen LogP contribution in [-0.2, 0) is 9.53 Å². The molecule has 1 rings (SSSR count). The Hall–Kier alpha value is -0.790. The number of methoxy groups -OCH3 is 1. The van der Waals surface area contributed by atoms with Crippen molar-refractivity contribution in [3.05, 3.63) is 11.6 Å². The summed E-state index contributed by atoms with van der Waals surface area (Å²) in [5.41, 5.74) is 0.760. The smallest absolute Gasteiger partial charge is 0.315 e. The van der Waals surface area contributed by atoms with Gasteiger partial charge in [-0.2, -0.15) is 0 Å². The lowest BCUT2D eigenvalue weighted by molar-refractivity contribution is -0.151. The number of ether oxygens (including phenoxy) is 1. The van der Waals surface area contributed by atoms with Crippen molar-refractivity contribution in [1.29, 1.82) is 0 Å². The second kappa shape index (κ2) is 2.92. The summed E-state index contributed by atoms with van der Waals surface area (Å²) in [4.78, 5) is 11.5. The Kier molecular flexibility index (Phi) is 2.27. The molecule has 0 bridgehead atoms. The second-order valence-corrected chi connectivity index (χ2v) is 3.72. The van der Waals surface area contributed by atoms with Gasteiger partial charge in [-0.05, 0) is 26.2 Å². The first-order valence-electron chi connectivity index (χ1n) is 4.29. The first-order valence-corrected chi connectivity index (χ1v) is 4.29. The van der Waals surface area contributed by atoms with Gasteiger partial charge < -0.3 is 4.74 Å². The number of hydrogen-bond donors (Lipinski definition) is 0. The predicted molar refractivity (Wildman–Crippen MR) is 47.7 cm³/mol. The van der Waals surface area contributed by atoms with Crippen molar-refractivity contribution in [2.45, 2.75) is 27.2 Å². The zero-order valence-corrected chi connectivity index (χ0v) is 8.18. The average Bonchev–Trinajstić information content (AvgIpc) is 2.32. The topological polar surface area (TPSA) is 26.3 Å². The lowest BCUT2D eigenvalue weighted by atomic mass is 9.77. The molecule has 0 aromatic heterocycles. The molecule has 2 heteroatoms. The fraction of sp³-hybridized carbons (Fsp3) is 0.700. The second-order valence-electron chi connectivity index (χ2n) is 3.72. The monoisotopic (exact) mass is 168 g/mol. The summed E-state index contributed by atoms with van der Waals surface area (Å²) < 4.78 is 4.80. The van der Waals surface area contributed by atoms with E-state index in [0.717, 1.165) is 12.0 Å². The van der Waals surface area contributed by atoms with Gasteiger partial charge in [-0.3, -0.25) is 4.79 Å². The Labute approximate surface area is 73.6 Å². The van der Waals surface area contributed by atoms with Gasteiger partial charge in [0.25, 0.3) is 0 Å². The maximum absolute atomic E-state index is 11.5. The van der Waals surface area contributed by atoms with Crippen LogP contribution < -0.4 is 0 Å². The van der Waals surface area contributed by atoms with Crippen molar-refractivity contribution in [2.24, 2.45) is 11.3 Å². The van der Waals surface area contributed by atoms with Gasteiger partial charge in [0.1, 0.15) is 0 Å². The maximum Gasteiger partial charge on any atom is 0.315 e. The lowest BCUT2D eigenvalue weighted by Gasteiger charge is -2.28. The minimum absolute atomic E-state index is 0.110. The summed E-state index contributed by atoms with van der Waals surface area (Å²) in [6, 6.07) is 0. The number of rotatable bonds is 1. The fourth-order valence-electron chi connectivity index (χ4n) is 1.76. The predicted octanol–water partition coefficient (Wildman–Crippen LogP) is 2.15. The van der Waals surface area contributed by atoms with E-state index in [1.165, 1.54) is 7.11 Å². The molecule has 0 unspecified atom stereocenters. The standard InChI is InChI=1S/C10H16O2/c1-7-5-6-8(2)10(7,3)9(11)12-4/h5,8H,6H2,1-4H3/t8-,10-/m0/s1. The number of carbonyl (C=O) groups excluding carboxylic acids is 1. The highest BCUT2D eigenvalue weighted by molar-refractivity contribution is 5.81. The molecule has 0 N–H and O–H groups in total. The molecule has 0 spiro atoms. The molecule has 0 amide bonds. The minimum atomic E-state index is -0.380. The van der Waals surface area contributed by atoms with Crippen molar-refractivity contribution >= 4 is 5.97 Å². The van der Waals surface area contributed by atoms with E-state index < -0.39 is 0 Å². The van der Waals surface area contributed by atoms with Gasteiger partial charge in [-0.1, -0.05) is 18.6 Å². The van der Waals surface area contributed by atoms with E-state index in [4.69, 9.17) is 4.74 Å². The first-order chi connectivity index (χ1) is 5.53. The number of carbonyl (C=O) groups is 1. The fourth-order valence-corrected chi connectivity index (χ4v) is 1.76. The van der Waals surface area contributed by atoms with Crippen LogP contribution in [0.5, 0.6) is 0 Å². The minimum Gasteiger partial charge on any atom is -0.468 e. The van der Waals surface area contributed by atoms with Gasteiger partial charge in [0.2, 0.25) is 0 Å². The molecule has 1 aliphatic carbocycles. The SMILES string of the molecule is COC(=O)[C@@]1(C)C(C)=CC[C@@H]1C. The van der Waals surface area contributed by atoms with Crippen LogP contribution >= 0.6 is 0 Å². The Bertz CT molecular complexity index is 230. The van der Waals surface area contributed by atoms with E-state index >= 15 is 0 Å². The van der Waals surface area contributed by atoms with Crippen LogP contribution in [0, 0.1) is 11.3 Å². The van der Waals surface area contributed by atoms with Crippen LogP contribution in [0.25, 0.3) is 0 Å². The van der Waals surface area contributed by atoms with Crippen molar-refractivity contribution in [1.82, 2.24) is 0 Å². The van der Waals surface area contributed by atoms with Crippen LogP contribution in [0.1, 0.15) is 27.2 Å². The molecule has 0 fully saturated rings.